The maximum absolute atomic E-state index is 2.42. The van der Waals surface area contributed by atoms with Crippen molar-refractivity contribution in [2.75, 3.05) is 13.6 Å². The lowest BCUT2D eigenvalue weighted by Gasteiger charge is -2.24. The lowest BCUT2D eigenvalue weighted by Crippen LogP contribution is -2.31. The summed E-state index contributed by atoms with van der Waals surface area (Å²) in [5.74, 6) is 0. The van der Waals surface area contributed by atoms with Gasteiger partial charge in [0, 0.05) is 12.6 Å². The molecular weight excluding hydrogens is 314 g/mol. The van der Waals surface area contributed by atoms with E-state index in [1.165, 1.54) is 22.3 Å². The van der Waals surface area contributed by atoms with Crippen LogP contribution in [0.3, 0.4) is 0 Å². The minimum Gasteiger partial charge on any atom is -0.300 e. The lowest BCUT2D eigenvalue weighted by molar-refractivity contribution is 0.283. The molecule has 3 rings (SSSR count). The van der Waals surface area contributed by atoms with Gasteiger partial charge in [0.2, 0.25) is 0 Å². The summed E-state index contributed by atoms with van der Waals surface area (Å²) in [4.78, 5) is 2.42. The fraction of sp³-hybridized carbons (Fsp3) is 0.200. The second-order valence-electron chi connectivity index (χ2n) is 6.83. The zero-order chi connectivity index (χ0) is 18.2. The third kappa shape index (κ3) is 4.93. The third-order valence-electron chi connectivity index (χ3n) is 4.88. The smallest absolute Gasteiger partial charge is 0.0172 e. The highest BCUT2D eigenvalue weighted by atomic mass is 15.1. The Balaban J connectivity index is 1.76. The minimum atomic E-state index is 0.487. The molecule has 0 aliphatic carbocycles. The third-order valence-corrected chi connectivity index (χ3v) is 4.88. The molecule has 26 heavy (non-hydrogen) atoms. The van der Waals surface area contributed by atoms with E-state index in [-0.39, 0.29) is 0 Å². The average Bonchev–Trinajstić information content (AvgIpc) is 2.70. The summed E-state index contributed by atoms with van der Waals surface area (Å²) in [6, 6.07) is 32.5. The molecule has 0 saturated heterocycles. The zero-order valence-electron chi connectivity index (χ0n) is 15.7. The van der Waals surface area contributed by atoms with Crippen LogP contribution in [0.15, 0.2) is 97.1 Å². The monoisotopic (exact) mass is 341 g/mol. The van der Waals surface area contributed by atoms with Gasteiger partial charge < -0.3 is 0 Å². The molecule has 0 heterocycles. The average molecular weight is 341 g/mol. The largest absolute Gasteiger partial charge is 0.300 e. The van der Waals surface area contributed by atoms with Crippen molar-refractivity contribution in [3.05, 3.63) is 114 Å². The molecule has 0 bridgehead atoms. The molecule has 0 aliphatic heterocycles. The van der Waals surface area contributed by atoms with E-state index < -0.39 is 0 Å². The van der Waals surface area contributed by atoms with Crippen LogP contribution in [-0.4, -0.2) is 24.5 Å². The first kappa shape index (κ1) is 18.2. The second-order valence-corrected chi connectivity index (χ2v) is 6.83. The molecule has 3 aromatic rings. The Hall–Kier alpha value is -2.64. The van der Waals surface area contributed by atoms with E-state index in [0.717, 1.165) is 13.0 Å². The van der Waals surface area contributed by atoms with Gasteiger partial charge in [0.25, 0.3) is 0 Å². The van der Waals surface area contributed by atoms with Crippen LogP contribution in [0.2, 0.25) is 0 Å². The fourth-order valence-corrected chi connectivity index (χ4v) is 3.16. The van der Waals surface area contributed by atoms with Gasteiger partial charge >= 0.3 is 0 Å². The van der Waals surface area contributed by atoms with Gasteiger partial charge in [-0.05, 0) is 42.7 Å². The summed E-state index contributed by atoms with van der Waals surface area (Å²) in [6.45, 7) is 3.22. The number of rotatable bonds is 7. The van der Waals surface area contributed by atoms with E-state index in [2.05, 4.69) is 116 Å². The molecule has 0 amide bonds. The maximum Gasteiger partial charge on any atom is 0.0172 e. The number of hydrogen-bond donors (Lipinski definition) is 0. The predicted octanol–water partition coefficient (Wildman–Crippen LogP) is 5.68. The van der Waals surface area contributed by atoms with Gasteiger partial charge in [-0.25, -0.2) is 0 Å². The fourth-order valence-electron chi connectivity index (χ4n) is 3.16. The number of hydrogen-bond acceptors (Lipinski definition) is 1. The van der Waals surface area contributed by atoms with E-state index >= 15 is 0 Å². The Morgan fingerprint density at radius 3 is 1.73 bits per heavy atom. The van der Waals surface area contributed by atoms with E-state index in [9.17, 15) is 0 Å². The van der Waals surface area contributed by atoms with Gasteiger partial charge in [0.15, 0.2) is 0 Å². The molecule has 0 N–H and O–H groups in total. The molecule has 0 spiro atoms. The number of likely N-dealkylation sites (N-methyl/N-ethyl adjacent to an activating group) is 1. The van der Waals surface area contributed by atoms with E-state index in [1.54, 1.807) is 0 Å². The molecule has 0 aromatic heterocycles. The van der Waals surface area contributed by atoms with Gasteiger partial charge in [-0.15, -0.1) is 0 Å². The van der Waals surface area contributed by atoms with Crippen molar-refractivity contribution < 1.29 is 0 Å². The first-order chi connectivity index (χ1) is 12.7. The van der Waals surface area contributed by atoms with E-state index in [0.29, 0.717) is 6.04 Å². The van der Waals surface area contributed by atoms with E-state index in [1.807, 2.05) is 0 Å². The summed E-state index contributed by atoms with van der Waals surface area (Å²) in [7, 11) is 2.21. The molecule has 0 fully saturated rings. The molecule has 1 nitrogen and oxygen atoms in total. The van der Waals surface area contributed by atoms with Gasteiger partial charge in [0.05, 0.1) is 0 Å². The van der Waals surface area contributed by atoms with Crippen LogP contribution in [0, 0.1) is 0 Å². The summed E-state index contributed by atoms with van der Waals surface area (Å²) in [5.41, 5.74) is 5.22. The van der Waals surface area contributed by atoms with Crippen LogP contribution >= 0.6 is 0 Å². The Bertz CT molecular complexity index is 765. The highest BCUT2D eigenvalue weighted by Gasteiger charge is 2.10. The first-order valence-corrected chi connectivity index (χ1v) is 9.29. The summed E-state index contributed by atoms with van der Waals surface area (Å²) in [5, 5.41) is 0. The van der Waals surface area contributed by atoms with E-state index in [4.69, 9.17) is 0 Å². The van der Waals surface area contributed by atoms with Crippen molar-refractivity contribution in [2.24, 2.45) is 0 Å². The molecule has 1 unspecified atom stereocenters. The van der Waals surface area contributed by atoms with Crippen LogP contribution in [0.25, 0.3) is 5.57 Å². The maximum atomic E-state index is 2.42. The molecule has 132 valence electrons. The standard InChI is InChI=1S/C25H27N/c1-21(20-22-12-6-3-7-13-22)26(2)19-18-25(23-14-8-4-9-15-23)24-16-10-5-11-17-24/h3-18,21H,19-20H2,1-2H3. The Labute approximate surface area is 157 Å². The molecule has 0 radical (unpaired) electrons. The Kier molecular flexibility index (Phi) is 6.40. The van der Waals surface area contributed by atoms with Gasteiger partial charge in [-0.2, -0.15) is 0 Å². The molecule has 1 atom stereocenters. The number of benzene rings is 3. The highest BCUT2D eigenvalue weighted by Crippen LogP contribution is 2.23. The second kappa shape index (κ2) is 9.17. The SMILES string of the molecule is CC(Cc1ccccc1)N(C)CC=C(c1ccccc1)c1ccccc1. The molecule has 0 aliphatic rings. The van der Waals surface area contributed by atoms with Crippen molar-refractivity contribution >= 4 is 5.57 Å². The molecule has 3 aromatic carbocycles. The van der Waals surface area contributed by atoms with Crippen molar-refractivity contribution in [1.29, 1.82) is 0 Å². The van der Waals surface area contributed by atoms with Crippen LogP contribution < -0.4 is 0 Å². The van der Waals surface area contributed by atoms with Gasteiger partial charge in [-0.3, -0.25) is 4.90 Å². The summed E-state index contributed by atoms with van der Waals surface area (Å²) < 4.78 is 0. The number of nitrogens with zero attached hydrogens (tertiary/aromatic N) is 1. The van der Waals surface area contributed by atoms with Crippen LogP contribution in [0.5, 0.6) is 0 Å². The van der Waals surface area contributed by atoms with Gasteiger partial charge in [-0.1, -0.05) is 97.1 Å². The van der Waals surface area contributed by atoms with Crippen LogP contribution in [0.4, 0.5) is 0 Å². The minimum absolute atomic E-state index is 0.487. The van der Waals surface area contributed by atoms with Gasteiger partial charge in [0.1, 0.15) is 0 Å². The quantitative estimate of drug-likeness (QED) is 0.534. The Morgan fingerprint density at radius 1 is 0.769 bits per heavy atom. The molecule has 1 heteroatoms. The van der Waals surface area contributed by atoms with Crippen molar-refractivity contribution in [3.63, 3.8) is 0 Å². The highest BCUT2D eigenvalue weighted by molar-refractivity contribution is 5.79. The lowest BCUT2D eigenvalue weighted by atomic mass is 9.97. The summed E-state index contributed by atoms with van der Waals surface area (Å²) in [6.07, 6.45) is 3.42. The summed E-state index contributed by atoms with van der Waals surface area (Å²) >= 11 is 0. The Morgan fingerprint density at radius 2 is 1.23 bits per heavy atom. The van der Waals surface area contributed by atoms with Crippen LogP contribution in [-0.2, 0) is 6.42 Å². The van der Waals surface area contributed by atoms with Crippen LogP contribution in [0.1, 0.15) is 23.6 Å². The normalized spacial score (nSPS) is 12.0. The van der Waals surface area contributed by atoms with Crippen molar-refractivity contribution in [2.45, 2.75) is 19.4 Å². The molecule has 0 saturated carbocycles. The molecular formula is C25H27N. The zero-order valence-corrected chi connectivity index (χ0v) is 15.7. The first-order valence-electron chi connectivity index (χ1n) is 9.29. The van der Waals surface area contributed by atoms with Crippen molar-refractivity contribution in [3.8, 4) is 0 Å². The van der Waals surface area contributed by atoms with Crippen molar-refractivity contribution in [1.82, 2.24) is 4.90 Å². The topological polar surface area (TPSA) is 3.24 Å². The predicted molar refractivity (Wildman–Crippen MR) is 112 cm³/mol.